The zero-order chi connectivity index (χ0) is 26.3. The van der Waals surface area contributed by atoms with Crippen molar-refractivity contribution in [2.24, 2.45) is 5.41 Å². The molecule has 11 heteroatoms. The molecule has 0 aliphatic heterocycles. The third-order valence-corrected chi connectivity index (χ3v) is 7.61. The Bertz CT molecular complexity index is 1260. The van der Waals surface area contributed by atoms with E-state index in [-0.39, 0.29) is 0 Å². The molecule has 2 unspecified atom stereocenters. The number of hydrogen-bond acceptors (Lipinski definition) is 7. The second-order valence-electron chi connectivity index (χ2n) is 8.15. The lowest BCUT2D eigenvalue weighted by Crippen LogP contribution is -2.54. The minimum atomic E-state index is -3.20. The first-order chi connectivity index (χ1) is 17.2. The predicted octanol–water partition coefficient (Wildman–Crippen LogP) is 2.96. The zero-order valence-corrected chi connectivity index (χ0v) is 21.1. The van der Waals surface area contributed by atoms with Gasteiger partial charge < -0.3 is 30.2 Å². The van der Waals surface area contributed by atoms with Crippen molar-refractivity contribution in [1.29, 1.82) is 0 Å². The molecule has 192 valence electrons. The van der Waals surface area contributed by atoms with E-state index in [4.69, 9.17) is 9.79 Å². The first-order valence-corrected chi connectivity index (χ1v) is 13.4. The highest BCUT2D eigenvalue weighted by Crippen LogP contribution is 2.49. The SMILES string of the molecule is O=[PH](O)O[PH](=O)O.OCC(CO)(CO)C(O)(c1cccc2ccccc12)c1cccc2ccccc12. The van der Waals surface area contributed by atoms with Crippen LogP contribution in [0.4, 0.5) is 0 Å². The Morgan fingerprint density at radius 2 is 0.972 bits per heavy atom. The first kappa shape index (κ1) is 28.2. The molecule has 0 heterocycles. The molecule has 4 aromatic carbocycles. The van der Waals surface area contributed by atoms with E-state index in [2.05, 4.69) is 4.31 Å². The van der Waals surface area contributed by atoms with Gasteiger partial charge in [-0.2, -0.15) is 0 Å². The Labute approximate surface area is 208 Å². The summed E-state index contributed by atoms with van der Waals surface area (Å²) in [5, 5.41) is 46.7. The minimum absolute atomic E-state index is 0.532. The number of aliphatic hydroxyl groups excluding tert-OH is 3. The summed E-state index contributed by atoms with van der Waals surface area (Å²) >= 11 is 0. The van der Waals surface area contributed by atoms with Gasteiger partial charge in [-0.3, -0.25) is 9.13 Å². The lowest BCUT2D eigenvalue weighted by atomic mass is 9.64. The van der Waals surface area contributed by atoms with E-state index >= 15 is 0 Å². The van der Waals surface area contributed by atoms with Crippen molar-refractivity contribution in [2.45, 2.75) is 5.60 Å². The normalized spacial score (nSPS) is 13.7. The van der Waals surface area contributed by atoms with Crippen LogP contribution in [0.3, 0.4) is 0 Å². The highest BCUT2D eigenvalue weighted by Gasteiger charge is 2.53. The maximum Gasteiger partial charge on any atom is 0.323 e. The highest BCUT2D eigenvalue weighted by atomic mass is 31.2. The summed E-state index contributed by atoms with van der Waals surface area (Å²) in [6.07, 6.45) is 0. The zero-order valence-electron chi connectivity index (χ0n) is 19.1. The van der Waals surface area contributed by atoms with Gasteiger partial charge in [0.25, 0.3) is 0 Å². The molecule has 0 aliphatic carbocycles. The van der Waals surface area contributed by atoms with Crippen LogP contribution in [0.2, 0.25) is 0 Å². The molecule has 0 bridgehead atoms. The predicted molar refractivity (Wildman–Crippen MR) is 138 cm³/mol. The van der Waals surface area contributed by atoms with E-state index < -0.39 is 47.3 Å². The molecule has 0 amide bonds. The second kappa shape index (κ2) is 12.2. The molecular formula is C25H28O9P2. The van der Waals surface area contributed by atoms with Gasteiger partial charge in [-0.15, -0.1) is 0 Å². The standard InChI is InChI=1S/C25H24O4.H4O5P2/c26-15-24(16-27,17-28)25(29,22-13-5-9-18-7-1-3-11-20(18)22)23-14-6-10-19-8-2-4-12-21(19)23;1-6(2)5-7(3)4/h1-14,26-29H,15-17H2;6-7H,(H,1,2)(H,3,4). The lowest BCUT2D eigenvalue weighted by molar-refractivity contribution is -0.134. The maximum atomic E-state index is 12.4. The molecule has 0 aromatic heterocycles. The molecule has 0 aliphatic rings. The van der Waals surface area contributed by atoms with Crippen LogP contribution in [0.15, 0.2) is 84.9 Å². The monoisotopic (exact) mass is 534 g/mol. The summed E-state index contributed by atoms with van der Waals surface area (Å²) in [4.78, 5) is 15.4. The summed E-state index contributed by atoms with van der Waals surface area (Å²) in [6.45, 7) is -1.78. The molecule has 0 saturated heterocycles. The Morgan fingerprint density at radius 3 is 1.31 bits per heavy atom. The average molecular weight is 534 g/mol. The van der Waals surface area contributed by atoms with Crippen molar-refractivity contribution < 1.29 is 43.7 Å². The number of hydrogen-bond donors (Lipinski definition) is 6. The fourth-order valence-corrected chi connectivity index (χ4v) is 4.96. The van der Waals surface area contributed by atoms with Gasteiger partial charge in [0.2, 0.25) is 0 Å². The van der Waals surface area contributed by atoms with Gasteiger partial charge in [-0.25, -0.2) is 4.31 Å². The van der Waals surface area contributed by atoms with Crippen LogP contribution in [0, 0.1) is 5.41 Å². The summed E-state index contributed by atoms with van der Waals surface area (Å²) in [6, 6.07) is 26.4. The fourth-order valence-electron chi connectivity index (χ4n) is 4.37. The van der Waals surface area contributed by atoms with Gasteiger partial charge in [0.1, 0.15) is 5.60 Å². The molecule has 4 aromatic rings. The highest BCUT2D eigenvalue weighted by molar-refractivity contribution is 7.46. The molecule has 2 atom stereocenters. The van der Waals surface area contributed by atoms with Gasteiger partial charge >= 0.3 is 16.5 Å². The summed E-state index contributed by atoms with van der Waals surface area (Å²) in [5.41, 5.74) is -2.37. The number of benzene rings is 4. The molecule has 0 saturated carbocycles. The third kappa shape index (κ3) is 5.45. The second-order valence-corrected chi connectivity index (χ2v) is 10.0. The van der Waals surface area contributed by atoms with Crippen molar-refractivity contribution >= 4 is 38.1 Å². The molecule has 36 heavy (non-hydrogen) atoms. The number of rotatable bonds is 8. The molecule has 9 nitrogen and oxygen atoms in total. The summed E-state index contributed by atoms with van der Waals surface area (Å²) < 4.78 is 22.3. The van der Waals surface area contributed by atoms with Crippen molar-refractivity contribution in [3.8, 4) is 0 Å². The summed E-state index contributed by atoms with van der Waals surface area (Å²) in [7, 11) is -6.40. The van der Waals surface area contributed by atoms with Crippen molar-refractivity contribution in [3.63, 3.8) is 0 Å². The number of fused-ring (bicyclic) bond motifs is 2. The fraction of sp³-hybridized carbons (Fsp3) is 0.200. The van der Waals surface area contributed by atoms with Crippen LogP contribution in [0.1, 0.15) is 11.1 Å². The quantitative estimate of drug-likeness (QED) is 0.187. The van der Waals surface area contributed by atoms with Crippen LogP contribution in [-0.4, -0.2) is 50.0 Å². The molecule has 4 rings (SSSR count). The molecular weight excluding hydrogens is 506 g/mol. The van der Waals surface area contributed by atoms with E-state index in [1.165, 1.54) is 0 Å². The third-order valence-electron chi connectivity index (χ3n) is 6.21. The Morgan fingerprint density at radius 1 is 0.611 bits per heavy atom. The summed E-state index contributed by atoms with van der Waals surface area (Å²) in [5.74, 6) is 0. The average Bonchev–Trinajstić information content (AvgIpc) is 2.88. The van der Waals surface area contributed by atoms with E-state index in [1.807, 2.05) is 72.8 Å². The van der Waals surface area contributed by atoms with Gasteiger partial charge in [-0.1, -0.05) is 84.9 Å². The lowest BCUT2D eigenvalue weighted by Gasteiger charge is -2.46. The van der Waals surface area contributed by atoms with Crippen LogP contribution in [0.25, 0.3) is 21.5 Å². The topological polar surface area (TPSA) is 165 Å². The van der Waals surface area contributed by atoms with Crippen molar-refractivity contribution in [2.75, 3.05) is 19.8 Å². The minimum Gasteiger partial charge on any atom is -0.395 e. The van der Waals surface area contributed by atoms with Crippen LogP contribution >= 0.6 is 16.5 Å². The Kier molecular flexibility index (Phi) is 9.55. The van der Waals surface area contributed by atoms with Crippen LogP contribution in [-0.2, 0) is 19.0 Å². The molecule has 6 N–H and O–H groups in total. The Hall–Kier alpha value is -2.42. The van der Waals surface area contributed by atoms with E-state index in [1.54, 1.807) is 12.1 Å². The molecule has 0 radical (unpaired) electrons. The smallest absolute Gasteiger partial charge is 0.323 e. The first-order valence-electron chi connectivity index (χ1n) is 10.9. The Balaban J connectivity index is 0.000000454. The van der Waals surface area contributed by atoms with Crippen LogP contribution in [0.5, 0.6) is 0 Å². The molecule has 0 fully saturated rings. The van der Waals surface area contributed by atoms with Gasteiger partial charge in [0.15, 0.2) is 0 Å². The van der Waals surface area contributed by atoms with Gasteiger partial charge in [-0.05, 0) is 32.7 Å². The van der Waals surface area contributed by atoms with Crippen molar-refractivity contribution in [1.82, 2.24) is 0 Å². The van der Waals surface area contributed by atoms with E-state index in [0.29, 0.717) is 11.1 Å². The van der Waals surface area contributed by atoms with Crippen molar-refractivity contribution in [3.05, 3.63) is 96.1 Å². The van der Waals surface area contributed by atoms with Gasteiger partial charge in [0.05, 0.1) is 25.2 Å². The largest absolute Gasteiger partial charge is 0.395 e. The van der Waals surface area contributed by atoms with Crippen LogP contribution < -0.4 is 0 Å². The molecule has 0 spiro atoms. The maximum absolute atomic E-state index is 12.4. The van der Waals surface area contributed by atoms with E-state index in [9.17, 15) is 29.6 Å². The number of aliphatic hydroxyl groups is 4. The van der Waals surface area contributed by atoms with Gasteiger partial charge in [0, 0.05) is 0 Å². The van der Waals surface area contributed by atoms with E-state index in [0.717, 1.165) is 21.5 Å².